The Morgan fingerprint density at radius 2 is 1.86 bits per heavy atom. The molecule has 2 amide bonds. The standard InChI is InChI=1S/C17H20Cl2N4O6/c1-21-7-10(24)5-9(15(26)27)8-29-17(28)23-16(20)22-14(25)6-11-12(18)3-2-4-13(11)19/h2-4,9,21H,5-8H2,1H3,(H,26,27)(H3,20,22,23,25,28)/t9-/m0/s1. The van der Waals surface area contributed by atoms with E-state index in [1.54, 1.807) is 25.2 Å². The fourth-order valence-corrected chi connectivity index (χ4v) is 2.67. The minimum atomic E-state index is -1.30. The lowest BCUT2D eigenvalue weighted by Crippen LogP contribution is -2.38. The van der Waals surface area contributed by atoms with E-state index in [2.05, 4.69) is 15.6 Å². The second-order valence-corrected chi connectivity index (χ2v) is 6.62. The van der Waals surface area contributed by atoms with E-state index in [1.165, 1.54) is 0 Å². The van der Waals surface area contributed by atoms with Crippen LogP contribution in [0.25, 0.3) is 0 Å². The van der Waals surface area contributed by atoms with Gasteiger partial charge in [-0.05, 0) is 24.7 Å². The molecule has 10 nitrogen and oxygen atoms in total. The summed E-state index contributed by atoms with van der Waals surface area (Å²) >= 11 is 11.9. The number of rotatable bonds is 9. The largest absolute Gasteiger partial charge is 0.481 e. The Labute approximate surface area is 176 Å². The molecule has 1 atom stereocenters. The van der Waals surface area contributed by atoms with E-state index in [1.807, 2.05) is 0 Å². The molecule has 0 fully saturated rings. The molecule has 0 saturated heterocycles. The Morgan fingerprint density at radius 1 is 1.24 bits per heavy atom. The molecule has 0 unspecified atom stereocenters. The first-order valence-corrected chi connectivity index (χ1v) is 9.02. The zero-order chi connectivity index (χ0) is 22.0. The zero-order valence-electron chi connectivity index (χ0n) is 15.4. The first kappa shape index (κ1) is 24.3. The minimum Gasteiger partial charge on any atom is -0.481 e. The number of hydrogen-bond donors (Lipinski definition) is 4. The molecule has 0 aliphatic heterocycles. The van der Waals surface area contributed by atoms with E-state index in [4.69, 9.17) is 38.8 Å². The monoisotopic (exact) mass is 446 g/mol. The molecule has 0 spiro atoms. The number of halogens is 2. The van der Waals surface area contributed by atoms with Crippen molar-refractivity contribution in [2.24, 2.45) is 16.6 Å². The summed E-state index contributed by atoms with van der Waals surface area (Å²) in [6, 6.07) is 4.74. The van der Waals surface area contributed by atoms with Gasteiger partial charge in [0.2, 0.25) is 11.9 Å². The van der Waals surface area contributed by atoms with Gasteiger partial charge in [-0.15, -0.1) is 4.99 Å². The number of carbonyl (C=O) groups excluding carboxylic acids is 3. The second kappa shape index (κ2) is 12.0. The summed E-state index contributed by atoms with van der Waals surface area (Å²) in [4.78, 5) is 49.6. The lowest BCUT2D eigenvalue weighted by molar-refractivity contribution is -0.145. The molecular formula is C17H20Cl2N4O6. The van der Waals surface area contributed by atoms with Gasteiger partial charge in [0.25, 0.3) is 0 Å². The summed E-state index contributed by atoms with van der Waals surface area (Å²) in [5, 5.41) is 14.4. The summed E-state index contributed by atoms with van der Waals surface area (Å²) in [5.41, 5.74) is 5.84. The number of aliphatic imine (C=N–C) groups is 1. The first-order valence-electron chi connectivity index (χ1n) is 8.26. The van der Waals surface area contributed by atoms with Crippen molar-refractivity contribution in [3.05, 3.63) is 33.8 Å². The number of aliphatic carboxylic acids is 1. The van der Waals surface area contributed by atoms with Crippen LogP contribution in [0.5, 0.6) is 0 Å². The maximum Gasteiger partial charge on any atom is 0.436 e. The molecule has 0 bridgehead atoms. The third-order valence-electron chi connectivity index (χ3n) is 3.48. The molecule has 12 heteroatoms. The van der Waals surface area contributed by atoms with E-state index >= 15 is 0 Å². The molecule has 0 aliphatic rings. The van der Waals surface area contributed by atoms with Crippen molar-refractivity contribution in [3.8, 4) is 0 Å². The van der Waals surface area contributed by atoms with E-state index in [0.29, 0.717) is 5.56 Å². The number of nitrogens with zero attached hydrogens (tertiary/aromatic N) is 1. The lowest BCUT2D eigenvalue weighted by atomic mass is 10.0. The second-order valence-electron chi connectivity index (χ2n) is 5.81. The number of nitrogens with one attached hydrogen (secondary N) is 2. The highest BCUT2D eigenvalue weighted by molar-refractivity contribution is 6.36. The van der Waals surface area contributed by atoms with Gasteiger partial charge in [0.15, 0.2) is 0 Å². The zero-order valence-corrected chi connectivity index (χ0v) is 16.9. The summed E-state index contributed by atoms with van der Waals surface area (Å²) < 4.78 is 4.70. The van der Waals surface area contributed by atoms with E-state index in [0.717, 1.165) is 0 Å². The number of amides is 2. The van der Waals surface area contributed by atoms with E-state index in [-0.39, 0.29) is 35.2 Å². The van der Waals surface area contributed by atoms with Crippen molar-refractivity contribution in [2.75, 3.05) is 20.2 Å². The Hall–Kier alpha value is -2.69. The number of ketones is 1. The van der Waals surface area contributed by atoms with Gasteiger partial charge in [-0.3, -0.25) is 19.7 Å². The highest BCUT2D eigenvalue weighted by atomic mass is 35.5. The topological polar surface area (TPSA) is 160 Å². The highest BCUT2D eigenvalue weighted by Gasteiger charge is 2.23. The molecule has 158 valence electrons. The van der Waals surface area contributed by atoms with Crippen molar-refractivity contribution in [2.45, 2.75) is 12.8 Å². The highest BCUT2D eigenvalue weighted by Crippen LogP contribution is 2.24. The van der Waals surface area contributed by atoms with Gasteiger partial charge in [-0.25, -0.2) is 4.79 Å². The lowest BCUT2D eigenvalue weighted by Gasteiger charge is -2.11. The predicted molar refractivity (Wildman–Crippen MR) is 106 cm³/mol. The van der Waals surface area contributed by atoms with Crippen molar-refractivity contribution in [1.29, 1.82) is 0 Å². The number of Topliss-reactive ketones (excluding diaryl/α,β-unsaturated/α-hetero) is 1. The van der Waals surface area contributed by atoms with Crippen LogP contribution >= 0.6 is 23.2 Å². The molecular weight excluding hydrogens is 427 g/mol. The smallest absolute Gasteiger partial charge is 0.436 e. The predicted octanol–water partition coefficient (Wildman–Crippen LogP) is 0.983. The quantitative estimate of drug-likeness (QED) is 0.322. The summed E-state index contributed by atoms with van der Waals surface area (Å²) in [6.07, 6.45) is -1.75. The van der Waals surface area contributed by atoms with Crippen LogP contribution in [-0.4, -0.2) is 55.0 Å². The van der Waals surface area contributed by atoms with Crippen LogP contribution in [0.4, 0.5) is 4.79 Å². The van der Waals surface area contributed by atoms with Crippen LogP contribution < -0.4 is 16.4 Å². The van der Waals surface area contributed by atoms with Gasteiger partial charge in [0.05, 0.1) is 18.9 Å². The summed E-state index contributed by atoms with van der Waals surface area (Å²) in [7, 11) is 1.54. The van der Waals surface area contributed by atoms with Gasteiger partial charge in [0, 0.05) is 16.5 Å². The molecule has 0 aliphatic carbocycles. The number of benzene rings is 1. The number of nitrogens with two attached hydrogens (primary N) is 1. The Bertz CT molecular complexity index is 795. The summed E-state index contributed by atoms with van der Waals surface area (Å²) in [6.45, 7) is -0.589. The number of carbonyl (C=O) groups is 4. The molecule has 0 saturated carbocycles. The number of guanidine groups is 1. The fourth-order valence-electron chi connectivity index (χ4n) is 2.14. The Morgan fingerprint density at radius 3 is 2.41 bits per heavy atom. The van der Waals surface area contributed by atoms with Crippen molar-refractivity contribution in [3.63, 3.8) is 0 Å². The van der Waals surface area contributed by atoms with Gasteiger partial charge < -0.3 is 20.9 Å². The molecule has 1 rings (SSSR count). The average Bonchev–Trinajstić information content (AvgIpc) is 2.61. The van der Waals surface area contributed by atoms with Gasteiger partial charge in [-0.2, -0.15) is 0 Å². The molecule has 0 heterocycles. The van der Waals surface area contributed by atoms with Gasteiger partial charge in [-0.1, -0.05) is 29.3 Å². The number of carboxylic acids is 1. The van der Waals surface area contributed by atoms with Crippen molar-refractivity contribution >= 4 is 52.9 Å². The molecule has 1 aromatic carbocycles. The third-order valence-corrected chi connectivity index (χ3v) is 4.19. The molecule has 0 aromatic heterocycles. The van der Waals surface area contributed by atoms with Crippen LogP contribution in [0.15, 0.2) is 23.2 Å². The van der Waals surface area contributed by atoms with Gasteiger partial charge in [0.1, 0.15) is 12.4 Å². The molecule has 5 N–H and O–H groups in total. The van der Waals surface area contributed by atoms with Crippen molar-refractivity contribution < 1.29 is 29.0 Å². The minimum absolute atomic E-state index is 0.00962. The molecule has 29 heavy (non-hydrogen) atoms. The van der Waals surface area contributed by atoms with E-state index in [9.17, 15) is 19.2 Å². The maximum absolute atomic E-state index is 12.0. The number of hydrogen-bond acceptors (Lipinski definition) is 6. The Kier molecular flexibility index (Phi) is 10.1. The number of likely N-dealkylation sites (N-methyl/N-ethyl adjacent to an activating group) is 1. The molecule has 0 radical (unpaired) electrons. The normalized spacial score (nSPS) is 12.2. The Balaban J connectivity index is 2.58. The van der Waals surface area contributed by atoms with Crippen molar-refractivity contribution in [1.82, 2.24) is 10.6 Å². The molecule has 1 aromatic rings. The first-order chi connectivity index (χ1) is 13.6. The average molecular weight is 447 g/mol. The number of ether oxygens (including phenoxy) is 1. The van der Waals surface area contributed by atoms with Crippen LogP contribution in [0.2, 0.25) is 10.0 Å². The van der Waals surface area contributed by atoms with Crippen LogP contribution in [0.1, 0.15) is 12.0 Å². The van der Waals surface area contributed by atoms with Crippen LogP contribution in [-0.2, 0) is 25.5 Å². The van der Waals surface area contributed by atoms with E-state index < -0.39 is 36.5 Å². The third kappa shape index (κ3) is 8.90. The fraction of sp³-hybridized carbons (Fsp3) is 0.353. The van der Waals surface area contributed by atoms with Gasteiger partial charge >= 0.3 is 12.1 Å². The SMILES string of the molecule is CNCC(=O)C[C@@H](COC(=O)N=C(N)NC(=O)Cc1c(Cl)cccc1Cl)C(=O)O. The maximum atomic E-state index is 12.0. The van der Waals surface area contributed by atoms with Crippen LogP contribution in [0.3, 0.4) is 0 Å². The summed E-state index contributed by atoms with van der Waals surface area (Å²) in [5.74, 6) is -4.07. The number of carboxylic acid groups (broad SMARTS) is 1. The van der Waals surface area contributed by atoms with Crippen LogP contribution in [0, 0.1) is 5.92 Å².